The van der Waals surface area contributed by atoms with Gasteiger partial charge in [-0.2, -0.15) is 0 Å². The molecule has 3 N–H and O–H groups in total. The largest absolute Gasteiger partial charge is 0.377 e. The van der Waals surface area contributed by atoms with Gasteiger partial charge in [0.1, 0.15) is 18.2 Å². The zero-order valence-corrected chi connectivity index (χ0v) is 13.2. The standard InChI is InChI=1S/C14H25N5O2/c1-5-15-11-8-12(19-13(18-11)9-21-4)16-7-6-14(20)17-10(2)3/h8,10H,5-7,9H2,1-4H3,(H,17,20)(H2,15,16,18,19). The number of nitrogens with zero attached hydrogens (tertiary/aromatic N) is 2. The molecule has 0 aliphatic carbocycles. The van der Waals surface area contributed by atoms with Crippen LogP contribution < -0.4 is 16.0 Å². The number of hydrogen-bond acceptors (Lipinski definition) is 6. The first-order valence-corrected chi connectivity index (χ1v) is 7.19. The van der Waals surface area contributed by atoms with E-state index in [0.717, 1.165) is 12.4 Å². The average Bonchev–Trinajstić information content (AvgIpc) is 2.38. The summed E-state index contributed by atoms with van der Waals surface area (Å²) in [6.45, 7) is 7.53. The lowest BCUT2D eigenvalue weighted by molar-refractivity contribution is -0.121. The van der Waals surface area contributed by atoms with E-state index in [-0.39, 0.29) is 11.9 Å². The Hall–Kier alpha value is -1.89. The van der Waals surface area contributed by atoms with Gasteiger partial charge in [0, 0.05) is 38.7 Å². The number of ether oxygens (including phenoxy) is 1. The van der Waals surface area contributed by atoms with Crippen molar-refractivity contribution in [2.75, 3.05) is 30.8 Å². The summed E-state index contributed by atoms with van der Waals surface area (Å²) < 4.78 is 5.06. The maximum Gasteiger partial charge on any atom is 0.221 e. The molecule has 0 atom stereocenters. The van der Waals surface area contributed by atoms with Crippen molar-refractivity contribution in [3.05, 3.63) is 11.9 Å². The molecule has 1 heterocycles. The van der Waals surface area contributed by atoms with Gasteiger partial charge in [-0.1, -0.05) is 0 Å². The second kappa shape index (κ2) is 9.12. The fourth-order valence-corrected chi connectivity index (χ4v) is 1.75. The SMILES string of the molecule is CCNc1cc(NCCC(=O)NC(C)C)nc(COC)n1. The first-order chi connectivity index (χ1) is 10.0. The quantitative estimate of drug-likeness (QED) is 0.638. The van der Waals surface area contributed by atoms with E-state index in [1.165, 1.54) is 0 Å². The van der Waals surface area contributed by atoms with Crippen LogP contribution in [0.1, 0.15) is 33.0 Å². The van der Waals surface area contributed by atoms with Crippen molar-refractivity contribution in [3.8, 4) is 0 Å². The molecule has 118 valence electrons. The van der Waals surface area contributed by atoms with Crippen LogP contribution in [0.3, 0.4) is 0 Å². The van der Waals surface area contributed by atoms with Crippen molar-refractivity contribution >= 4 is 17.5 Å². The van der Waals surface area contributed by atoms with Crippen molar-refractivity contribution < 1.29 is 9.53 Å². The average molecular weight is 295 g/mol. The highest BCUT2D eigenvalue weighted by Crippen LogP contribution is 2.11. The summed E-state index contributed by atoms with van der Waals surface area (Å²) >= 11 is 0. The van der Waals surface area contributed by atoms with E-state index in [2.05, 4.69) is 25.9 Å². The lowest BCUT2D eigenvalue weighted by atomic mass is 10.3. The molecule has 1 rings (SSSR count). The van der Waals surface area contributed by atoms with Gasteiger partial charge in [-0.05, 0) is 20.8 Å². The molecular formula is C14H25N5O2. The van der Waals surface area contributed by atoms with Crippen LogP contribution in [0.15, 0.2) is 6.07 Å². The molecule has 0 fully saturated rings. The Morgan fingerprint density at radius 2 is 1.95 bits per heavy atom. The van der Waals surface area contributed by atoms with Crippen LogP contribution in [0.2, 0.25) is 0 Å². The Bertz CT molecular complexity index is 427. The van der Waals surface area contributed by atoms with Gasteiger partial charge >= 0.3 is 0 Å². The monoisotopic (exact) mass is 295 g/mol. The second-order valence-electron chi connectivity index (χ2n) is 4.92. The minimum absolute atomic E-state index is 0.0237. The zero-order valence-electron chi connectivity index (χ0n) is 13.2. The van der Waals surface area contributed by atoms with Gasteiger partial charge in [0.25, 0.3) is 0 Å². The van der Waals surface area contributed by atoms with Crippen molar-refractivity contribution in [2.45, 2.75) is 39.8 Å². The number of anilines is 2. The lowest BCUT2D eigenvalue weighted by Crippen LogP contribution is -2.31. The third kappa shape index (κ3) is 6.89. The van der Waals surface area contributed by atoms with Crippen molar-refractivity contribution in [1.29, 1.82) is 0 Å². The predicted molar refractivity (Wildman–Crippen MR) is 83.3 cm³/mol. The highest BCUT2D eigenvalue weighted by atomic mass is 16.5. The Morgan fingerprint density at radius 1 is 1.29 bits per heavy atom. The molecule has 0 radical (unpaired) electrons. The summed E-state index contributed by atoms with van der Waals surface area (Å²) in [6.07, 6.45) is 0.401. The van der Waals surface area contributed by atoms with Crippen LogP contribution in [0.4, 0.5) is 11.6 Å². The van der Waals surface area contributed by atoms with E-state index in [4.69, 9.17) is 4.74 Å². The Balaban J connectivity index is 2.58. The summed E-state index contributed by atoms with van der Waals surface area (Å²) in [5.74, 6) is 2.06. The van der Waals surface area contributed by atoms with Crippen molar-refractivity contribution in [2.24, 2.45) is 0 Å². The molecule has 0 saturated heterocycles. The minimum Gasteiger partial charge on any atom is -0.377 e. The maximum atomic E-state index is 11.6. The molecule has 0 unspecified atom stereocenters. The van der Waals surface area contributed by atoms with Crippen molar-refractivity contribution in [1.82, 2.24) is 15.3 Å². The van der Waals surface area contributed by atoms with E-state index < -0.39 is 0 Å². The number of carbonyl (C=O) groups excluding carboxylic acids is 1. The molecule has 21 heavy (non-hydrogen) atoms. The number of carbonyl (C=O) groups is 1. The molecule has 1 aromatic rings. The molecule has 0 bridgehead atoms. The van der Waals surface area contributed by atoms with Crippen LogP contribution in [-0.4, -0.2) is 42.1 Å². The summed E-state index contributed by atoms with van der Waals surface area (Å²) in [5, 5.41) is 9.13. The molecule has 1 aromatic heterocycles. The molecule has 0 saturated carbocycles. The van der Waals surface area contributed by atoms with Crippen molar-refractivity contribution in [3.63, 3.8) is 0 Å². The first-order valence-electron chi connectivity index (χ1n) is 7.19. The molecule has 1 amide bonds. The second-order valence-corrected chi connectivity index (χ2v) is 4.92. The molecule has 7 nitrogen and oxygen atoms in total. The normalized spacial score (nSPS) is 10.5. The fourth-order valence-electron chi connectivity index (χ4n) is 1.75. The van der Waals surface area contributed by atoms with E-state index in [9.17, 15) is 4.79 Å². The molecule has 0 aliphatic rings. The van der Waals surface area contributed by atoms with E-state index in [0.29, 0.717) is 31.2 Å². The van der Waals surface area contributed by atoms with Gasteiger partial charge in [0.2, 0.25) is 5.91 Å². The summed E-state index contributed by atoms with van der Waals surface area (Å²) in [6, 6.07) is 1.98. The molecule has 0 aromatic carbocycles. The maximum absolute atomic E-state index is 11.6. The lowest BCUT2D eigenvalue weighted by Gasteiger charge is -2.11. The summed E-state index contributed by atoms with van der Waals surface area (Å²) in [4.78, 5) is 20.2. The number of hydrogen-bond donors (Lipinski definition) is 3. The molecular weight excluding hydrogens is 270 g/mol. The number of rotatable bonds is 9. The summed E-state index contributed by atoms with van der Waals surface area (Å²) in [7, 11) is 1.60. The van der Waals surface area contributed by atoms with Gasteiger partial charge in [-0.3, -0.25) is 4.79 Å². The Kier molecular flexibility index (Phi) is 7.45. The van der Waals surface area contributed by atoms with E-state index in [1.54, 1.807) is 7.11 Å². The van der Waals surface area contributed by atoms with E-state index in [1.807, 2.05) is 26.8 Å². The van der Waals surface area contributed by atoms with Crippen LogP contribution in [0.25, 0.3) is 0 Å². The third-order valence-electron chi connectivity index (χ3n) is 2.51. The Morgan fingerprint density at radius 3 is 2.52 bits per heavy atom. The predicted octanol–water partition coefficient (Wildman–Crippen LogP) is 1.38. The molecule has 7 heteroatoms. The smallest absolute Gasteiger partial charge is 0.221 e. The van der Waals surface area contributed by atoms with E-state index >= 15 is 0 Å². The van der Waals surface area contributed by atoms with Crippen LogP contribution in [0, 0.1) is 0 Å². The third-order valence-corrected chi connectivity index (χ3v) is 2.51. The zero-order chi connectivity index (χ0) is 15.7. The van der Waals surface area contributed by atoms with Crippen LogP contribution in [0.5, 0.6) is 0 Å². The first kappa shape index (κ1) is 17.2. The summed E-state index contributed by atoms with van der Waals surface area (Å²) in [5.41, 5.74) is 0. The molecule has 0 spiro atoms. The highest BCUT2D eigenvalue weighted by Gasteiger charge is 2.06. The fraction of sp³-hybridized carbons (Fsp3) is 0.643. The number of amides is 1. The van der Waals surface area contributed by atoms with Gasteiger partial charge in [-0.25, -0.2) is 9.97 Å². The number of nitrogens with one attached hydrogen (secondary N) is 3. The van der Waals surface area contributed by atoms with Gasteiger partial charge in [-0.15, -0.1) is 0 Å². The molecule has 0 aliphatic heterocycles. The Labute approximate surface area is 125 Å². The minimum atomic E-state index is 0.0237. The van der Waals surface area contributed by atoms with Crippen LogP contribution >= 0.6 is 0 Å². The highest BCUT2D eigenvalue weighted by molar-refractivity contribution is 5.76. The topological polar surface area (TPSA) is 88.2 Å². The van der Waals surface area contributed by atoms with Gasteiger partial charge < -0.3 is 20.7 Å². The van der Waals surface area contributed by atoms with Crippen LogP contribution in [-0.2, 0) is 16.1 Å². The number of aromatic nitrogens is 2. The van der Waals surface area contributed by atoms with Gasteiger partial charge in [0.05, 0.1) is 0 Å². The number of methoxy groups -OCH3 is 1. The van der Waals surface area contributed by atoms with Gasteiger partial charge in [0.15, 0.2) is 5.82 Å².